The fourth-order valence-electron chi connectivity index (χ4n) is 2.93. The lowest BCUT2D eigenvalue weighted by molar-refractivity contribution is 0.0785. The van der Waals surface area contributed by atoms with Gasteiger partial charge in [0.1, 0.15) is 5.56 Å². The number of carbonyl (C=O) groups is 1. The average Bonchev–Trinajstić information content (AvgIpc) is 3.06. The van der Waals surface area contributed by atoms with Gasteiger partial charge in [-0.15, -0.1) is 11.8 Å². The summed E-state index contributed by atoms with van der Waals surface area (Å²) in [6.45, 7) is 4.99. The smallest absolute Gasteiger partial charge is 0.277 e. The predicted molar refractivity (Wildman–Crippen MR) is 95.5 cm³/mol. The van der Waals surface area contributed by atoms with Crippen LogP contribution in [0.2, 0.25) is 0 Å². The van der Waals surface area contributed by atoms with E-state index in [2.05, 4.69) is 22.3 Å². The second-order valence-corrected chi connectivity index (χ2v) is 7.26. The lowest BCUT2D eigenvalue weighted by atomic mass is 10.1. The van der Waals surface area contributed by atoms with Crippen molar-refractivity contribution in [1.82, 2.24) is 15.1 Å². The maximum absolute atomic E-state index is 12.7. The van der Waals surface area contributed by atoms with Gasteiger partial charge in [-0.25, -0.2) is 5.10 Å². The molecule has 1 aliphatic heterocycles. The van der Waals surface area contributed by atoms with Gasteiger partial charge < -0.3 is 4.90 Å². The second kappa shape index (κ2) is 7.21. The van der Waals surface area contributed by atoms with Crippen molar-refractivity contribution >= 4 is 17.7 Å². The van der Waals surface area contributed by atoms with E-state index >= 15 is 0 Å². The fourth-order valence-corrected chi connectivity index (χ4v) is 3.97. The third-order valence-corrected chi connectivity index (χ3v) is 5.73. The van der Waals surface area contributed by atoms with Gasteiger partial charge in [-0.05, 0) is 43.9 Å². The number of hydrogen-bond acceptors (Lipinski definition) is 4. The minimum absolute atomic E-state index is 0.175. The molecule has 0 unspecified atom stereocenters. The Hall–Kier alpha value is -2.08. The van der Waals surface area contributed by atoms with Crippen LogP contribution in [0.15, 0.2) is 40.0 Å². The summed E-state index contributed by atoms with van der Waals surface area (Å²) in [6.07, 6.45) is 0.979. The zero-order valence-corrected chi connectivity index (χ0v) is 14.7. The van der Waals surface area contributed by atoms with Gasteiger partial charge in [-0.2, -0.15) is 5.10 Å². The lowest BCUT2D eigenvalue weighted by Gasteiger charge is -2.17. The number of aromatic nitrogens is 2. The van der Waals surface area contributed by atoms with E-state index in [1.807, 2.05) is 30.0 Å². The molecule has 6 heteroatoms. The number of amides is 1. The average molecular weight is 343 g/mol. The van der Waals surface area contributed by atoms with E-state index in [0.29, 0.717) is 30.3 Å². The summed E-state index contributed by atoms with van der Waals surface area (Å²) in [4.78, 5) is 27.8. The highest BCUT2D eigenvalue weighted by Crippen LogP contribution is 2.26. The van der Waals surface area contributed by atoms with Crippen molar-refractivity contribution in [3.8, 4) is 0 Å². The van der Waals surface area contributed by atoms with Gasteiger partial charge >= 0.3 is 0 Å². The first-order valence-electron chi connectivity index (χ1n) is 8.09. The number of likely N-dealkylation sites (tertiary alicyclic amines) is 1. The summed E-state index contributed by atoms with van der Waals surface area (Å²) in [7, 11) is 0. The van der Waals surface area contributed by atoms with Gasteiger partial charge in [0.15, 0.2) is 0 Å². The highest BCUT2D eigenvalue weighted by atomic mass is 32.2. The van der Waals surface area contributed by atoms with Gasteiger partial charge in [-0.1, -0.05) is 18.2 Å². The van der Waals surface area contributed by atoms with Crippen molar-refractivity contribution in [2.24, 2.45) is 5.92 Å². The van der Waals surface area contributed by atoms with Crippen LogP contribution < -0.4 is 5.56 Å². The maximum atomic E-state index is 12.7. The number of H-pyrrole nitrogens is 1. The Bertz CT molecular complexity index is 789. The molecule has 0 spiro atoms. The second-order valence-electron chi connectivity index (χ2n) is 6.17. The highest BCUT2D eigenvalue weighted by Gasteiger charge is 2.29. The molecule has 126 valence electrons. The van der Waals surface area contributed by atoms with Crippen molar-refractivity contribution in [3.63, 3.8) is 0 Å². The molecule has 5 nitrogen and oxygen atoms in total. The van der Waals surface area contributed by atoms with E-state index in [0.717, 1.165) is 12.2 Å². The minimum atomic E-state index is -0.398. The molecular formula is C18H21N3O2S. The van der Waals surface area contributed by atoms with Crippen molar-refractivity contribution in [2.45, 2.75) is 25.2 Å². The number of nitrogens with zero attached hydrogens (tertiary/aromatic N) is 2. The molecule has 1 saturated heterocycles. The molecular weight excluding hydrogens is 322 g/mol. The van der Waals surface area contributed by atoms with Gasteiger partial charge in [0.05, 0.1) is 5.69 Å². The van der Waals surface area contributed by atoms with Crippen LogP contribution in [-0.4, -0.2) is 39.8 Å². The molecule has 1 atom stereocenters. The molecule has 1 aromatic heterocycles. The number of nitrogens with one attached hydrogen (secondary N) is 1. The molecule has 0 aliphatic carbocycles. The molecule has 1 N–H and O–H groups in total. The van der Waals surface area contributed by atoms with E-state index in [-0.39, 0.29) is 11.5 Å². The first-order valence-corrected chi connectivity index (χ1v) is 9.08. The Morgan fingerprint density at radius 1 is 1.33 bits per heavy atom. The van der Waals surface area contributed by atoms with Crippen molar-refractivity contribution in [3.05, 3.63) is 57.5 Å². The Balaban J connectivity index is 1.64. The number of aromatic amines is 1. The SMILES string of the molecule is Cc1n[nH]c(=O)c(C(=O)N2CC[C@@H](CSc3ccccc3)C2)c1C. The number of hydrogen-bond donors (Lipinski definition) is 1. The molecule has 1 amide bonds. The Labute approximate surface area is 145 Å². The third-order valence-electron chi connectivity index (χ3n) is 4.49. The van der Waals surface area contributed by atoms with Gasteiger partial charge in [0.25, 0.3) is 11.5 Å². The van der Waals surface area contributed by atoms with Crippen molar-refractivity contribution in [2.75, 3.05) is 18.8 Å². The van der Waals surface area contributed by atoms with Crippen LogP contribution >= 0.6 is 11.8 Å². The summed E-state index contributed by atoms with van der Waals surface area (Å²) < 4.78 is 0. The summed E-state index contributed by atoms with van der Waals surface area (Å²) in [5.41, 5.74) is 1.20. The highest BCUT2D eigenvalue weighted by molar-refractivity contribution is 7.99. The molecule has 2 heterocycles. The van der Waals surface area contributed by atoms with Crippen molar-refractivity contribution in [1.29, 1.82) is 0 Å². The van der Waals surface area contributed by atoms with Gasteiger partial charge in [-0.3, -0.25) is 9.59 Å². The van der Waals surface area contributed by atoms with E-state index in [9.17, 15) is 9.59 Å². The zero-order valence-electron chi connectivity index (χ0n) is 13.9. The summed E-state index contributed by atoms with van der Waals surface area (Å²) >= 11 is 1.82. The standard InChI is InChI=1S/C18H21N3O2S/c1-12-13(2)19-20-17(22)16(12)18(23)21-9-8-14(10-21)11-24-15-6-4-3-5-7-15/h3-7,14H,8-11H2,1-2H3,(H,20,22)/t14-/m1/s1. The first-order chi connectivity index (χ1) is 11.6. The zero-order chi connectivity index (χ0) is 17.1. The molecule has 0 bridgehead atoms. The fraction of sp³-hybridized carbons (Fsp3) is 0.389. The number of rotatable bonds is 4. The Kier molecular flexibility index (Phi) is 5.04. The van der Waals surface area contributed by atoms with Crippen LogP contribution in [0.25, 0.3) is 0 Å². The van der Waals surface area contributed by atoms with E-state index < -0.39 is 5.56 Å². The minimum Gasteiger partial charge on any atom is -0.338 e. The van der Waals surface area contributed by atoms with Crippen LogP contribution in [0.4, 0.5) is 0 Å². The van der Waals surface area contributed by atoms with Gasteiger partial charge in [0, 0.05) is 23.7 Å². The lowest BCUT2D eigenvalue weighted by Crippen LogP contribution is -2.35. The third kappa shape index (κ3) is 3.53. The molecule has 24 heavy (non-hydrogen) atoms. The quantitative estimate of drug-likeness (QED) is 0.867. The van der Waals surface area contributed by atoms with E-state index in [1.165, 1.54) is 4.90 Å². The Morgan fingerprint density at radius 3 is 2.83 bits per heavy atom. The van der Waals surface area contributed by atoms with Gasteiger partial charge in [0.2, 0.25) is 0 Å². The molecule has 2 aromatic rings. The van der Waals surface area contributed by atoms with E-state index in [4.69, 9.17) is 0 Å². The Morgan fingerprint density at radius 2 is 2.08 bits per heavy atom. The summed E-state index contributed by atoms with van der Waals surface area (Å²) in [5, 5.41) is 6.33. The van der Waals surface area contributed by atoms with E-state index in [1.54, 1.807) is 18.7 Å². The molecule has 1 aromatic carbocycles. The number of benzene rings is 1. The van der Waals surface area contributed by atoms with Crippen LogP contribution in [0.1, 0.15) is 28.0 Å². The number of thioether (sulfide) groups is 1. The summed E-state index contributed by atoms with van der Waals surface area (Å²) in [6, 6.07) is 10.3. The molecule has 0 saturated carbocycles. The first kappa shape index (κ1) is 16.8. The largest absolute Gasteiger partial charge is 0.338 e. The van der Waals surface area contributed by atoms with Crippen LogP contribution in [0.5, 0.6) is 0 Å². The predicted octanol–water partition coefficient (Wildman–Crippen LogP) is 2.64. The van der Waals surface area contributed by atoms with Crippen LogP contribution in [0.3, 0.4) is 0 Å². The number of carbonyl (C=O) groups excluding carboxylic acids is 1. The number of aryl methyl sites for hydroxylation is 1. The van der Waals surface area contributed by atoms with Crippen LogP contribution in [-0.2, 0) is 0 Å². The summed E-state index contributed by atoms with van der Waals surface area (Å²) in [5.74, 6) is 1.27. The molecule has 0 radical (unpaired) electrons. The maximum Gasteiger partial charge on any atom is 0.277 e. The normalized spacial score (nSPS) is 17.2. The van der Waals surface area contributed by atoms with Crippen molar-refractivity contribution < 1.29 is 4.79 Å². The molecule has 1 fully saturated rings. The molecule has 1 aliphatic rings. The topological polar surface area (TPSA) is 66.1 Å². The van der Waals surface area contributed by atoms with Crippen LogP contribution in [0, 0.1) is 19.8 Å². The monoisotopic (exact) mass is 343 g/mol. The molecule has 3 rings (SSSR count).